The zero-order valence-corrected chi connectivity index (χ0v) is 18.9. The minimum Gasteiger partial charge on any atom is -0.309 e. The first-order chi connectivity index (χ1) is 16.8. The molecule has 0 saturated carbocycles. The monoisotopic (exact) mass is 506 g/mol. The molecule has 1 aliphatic heterocycles. The summed E-state index contributed by atoms with van der Waals surface area (Å²) in [6.45, 7) is 3.14. The van der Waals surface area contributed by atoms with Crippen LogP contribution in [-0.4, -0.2) is 36.8 Å². The lowest BCUT2D eigenvalue weighted by atomic mass is 9.83. The van der Waals surface area contributed by atoms with Crippen molar-refractivity contribution >= 4 is 22.8 Å². The summed E-state index contributed by atoms with van der Waals surface area (Å²) in [4.78, 5) is 24.7. The highest BCUT2D eigenvalue weighted by Crippen LogP contribution is 2.49. The Hall–Kier alpha value is -4.03. The van der Waals surface area contributed by atoms with Crippen LogP contribution in [0.25, 0.3) is 22.6 Å². The Bertz CT molecular complexity index is 1580. The van der Waals surface area contributed by atoms with Crippen molar-refractivity contribution in [3.8, 4) is 11.5 Å². The fraction of sp³-hybridized carbons (Fsp3) is 0.261. The van der Waals surface area contributed by atoms with Gasteiger partial charge in [0.1, 0.15) is 17.3 Å². The molecule has 4 heterocycles. The molecule has 1 atom stereocenters. The summed E-state index contributed by atoms with van der Waals surface area (Å²) in [5.41, 5.74) is -3.43. The predicted octanol–water partition coefficient (Wildman–Crippen LogP) is 4.74. The van der Waals surface area contributed by atoms with Crippen molar-refractivity contribution in [1.29, 1.82) is 0 Å². The van der Waals surface area contributed by atoms with Gasteiger partial charge in [0.05, 0.1) is 17.6 Å². The van der Waals surface area contributed by atoms with Crippen molar-refractivity contribution in [1.82, 2.24) is 24.7 Å². The number of fused-ring (bicyclic) bond motifs is 2. The first-order valence-corrected chi connectivity index (χ1v) is 10.6. The van der Waals surface area contributed by atoms with Crippen molar-refractivity contribution in [3.05, 3.63) is 64.2 Å². The highest BCUT2D eigenvalue weighted by atomic mass is 19.4. The van der Waals surface area contributed by atoms with E-state index in [1.54, 1.807) is 0 Å². The SMILES string of the molecule is Cc1nc2c(cc1F)c(-c1nc(C)c3c(n1)NC(=O)C3(C)C(F)(F)F)nn2Cc1cccc(F)c1F. The van der Waals surface area contributed by atoms with Crippen LogP contribution < -0.4 is 5.32 Å². The Kier molecular flexibility index (Phi) is 5.09. The van der Waals surface area contributed by atoms with Gasteiger partial charge < -0.3 is 5.32 Å². The quantitative estimate of drug-likeness (QED) is 0.406. The molecule has 0 radical (unpaired) electrons. The number of nitrogens with zero attached hydrogens (tertiary/aromatic N) is 5. The van der Waals surface area contributed by atoms with Gasteiger partial charge in [-0.15, -0.1) is 0 Å². The number of halogens is 6. The normalized spacial score (nSPS) is 17.5. The van der Waals surface area contributed by atoms with E-state index in [2.05, 4.69) is 25.4 Å². The largest absolute Gasteiger partial charge is 0.407 e. The lowest BCUT2D eigenvalue weighted by molar-refractivity contribution is -0.186. The third-order valence-electron chi connectivity index (χ3n) is 6.26. The van der Waals surface area contributed by atoms with E-state index in [9.17, 15) is 31.1 Å². The zero-order valence-electron chi connectivity index (χ0n) is 18.9. The molecule has 36 heavy (non-hydrogen) atoms. The number of carbonyl (C=O) groups is 1. The van der Waals surface area contributed by atoms with Gasteiger partial charge in [-0.3, -0.25) is 4.79 Å². The molecule has 186 valence electrons. The van der Waals surface area contributed by atoms with E-state index in [4.69, 9.17) is 0 Å². The van der Waals surface area contributed by atoms with E-state index >= 15 is 0 Å². The summed E-state index contributed by atoms with van der Waals surface area (Å²) in [7, 11) is 0. The Balaban J connectivity index is 1.71. The molecule has 7 nitrogen and oxygen atoms in total. The van der Waals surface area contributed by atoms with Crippen molar-refractivity contribution < 1.29 is 31.1 Å². The highest BCUT2D eigenvalue weighted by molar-refractivity contribution is 6.06. The molecular formula is C23H16F6N6O. The maximum atomic E-state index is 14.4. The molecule has 0 bridgehead atoms. The molecule has 13 heteroatoms. The van der Waals surface area contributed by atoms with Gasteiger partial charge in [0.2, 0.25) is 5.91 Å². The number of rotatable bonds is 3. The van der Waals surface area contributed by atoms with Crippen molar-refractivity contribution in [2.75, 3.05) is 5.32 Å². The molecule has 1 unspecified atom stereocenters. The molecule has 1 aromatic carbocycles. The second-order valence-corrected chi connectivity index (χ2v) is 8.58. The lowest BCUT2D eigenvalue weighted by Gasteiger charge is -2.25. The molecule has 3 aromatic heterocycles. The summed E-state index contributed by atoms with van der Waals surface area (Å²) in [6, 6.07) is 4.70. The van der Waals surface area contributed by atoms with Gasteiger partial charge >= 0.3 is 6.18 Å². The van der Waals surface area contributed by atoms with Gasteiger partial charge in [-0.05, 0) is 32.9 Å². The topological polar surface area (TPSA) is 85.6 Å². The van der Waals surface area contributed by atoms with Crippen molar-refractivity contribution in [2.24, 2.45) is 0 Å². The Labute approximate surface area is 199 Å². The number of hydrogen-bond acceptors (Lipinski definition) is 5. The number of aryl methyl sites for hydroxylation is 2. The molecule has 1 N–H and O–H groups in total. The number of carbonyl (C=O) groups excluding carboxylic acids is 1. The molecule has 5 rings (SSSR count). The number of benzene rings is 1. The van der Waals surface area contributed by atoms with E-state index in [0.29, 0.717) is 0 Å². The fourth-order valence-corrected chi connectivity index (χ4v) is 4.25. The molecule has 1 aliphatic rings. The van der Waals surface area contributed by atoms with Crippen LogP contribution in [0.3, 0.4) is 0 Å². The third kappa shape index (κ3) is 3.33. The second kappa shape index (κ2) is 7.73. The number of amides is 1. The van der Waals surface area contributed by atoms with Gasteiger partial charge in [0.15, 0.2) is 28.5 Å². The molecule has 0 saturated heterocycles. The van der Waals surface area contributed by atoms with E-state index in [1.807, 2.05) is 0 Å². The minimum atomic E-state index is -4.91. The Morgan fingerprint density at radius 2 is 1.75 bits per heavy atom. The number of hydrogen-bond donors (Lipinski definition) is 1. The highest BCUT2D eigenvalue weighted by Gasteiger charge is 2.63. The molecule has 0 spiro atoms. The second-order valence-electron chi connectivity index (χ2n) is 8.58. The van der Waals surface area contributed by atoms with E-state index < -0.39 is 40.5 Å². The van der Waals surface area contributed by atoms with E-state index in [0.717, 1.165) is 19.1 Å². The summed E-state index contributed by atoms with van der Waals surface area (Å²) in [6.07, 6.45) is -4.91. The van der Waals surface area contributed by atoms with Crippen LogP contribution in [0.15, 0.2) is 24.3 Å². The van der Waals surface area contributed by atoms with Gasteiger partial charge in [0, 0.05) is 16.8 Å². The van der Waals surface area contributed by atoms with E-state index in [-0.39, 0.29) is 51.9 Å². The standard InChI is InChI=1S/C23H16F6N6O/c1-9-14(25)7-12-17(34-35(20(12)31-9)8-11-5-4-6-13(24)16(11)26)19-30-10(2)15-18(32-19)33-21(36)22(15,3)23(27,28)29/h4-7H,8H2,1-3H3,(H,30,32,33,36). The van der Waals surface area contributed by atoms with Crippen molar-refractivity contribution in [3.63, 3.8) is 0 Å². The van der Waals surface area contributed by atoms with Gasteiger partial charge in [-0.2, -0.15) is 18.3 Å². The van der Waals surface area contributed by atoms with Gasteiger partial charge in [0.25, 0.3) is 0 Å². The number of aromatic nitrogens is 5. The molecule has 1 amide bonds. The predicted molar refractivity (Wildman–Crippen MR) is 115 cm³/mol. The molecule has 4 aromatic rings. The summed E-state index contributed by atoms with van der Waals surface area (Å²) >= 11 is 0. The van der Waals surface area contributed by atoms with Crippen LogP contribution in [0.5, 0.6) is 0 Å². The van der Waals surface area contributed by atoms with Gasteiger partial charge in [-0.1, -0.05) is 12.1 Å². The average molecular weight is 506 g/mol. The fourth-order valence-electron chi connectivity index (χ4n) is 4.25. The van der Waals surface area contributed by atoms with Crippen LogP contribution in [0, 0.1) is 31.3 Å². The van der Waals surface area contributed by atoms with Crippen LogP contribution in [0.1, 0.15) is 29.4 Å². The third-order valence-corrected chi connectivity index (χ3v) is 6.26. The molecule has 0 fully saturated rings. The van der Waals surface area contributed by atoms with E-state index in [1.165, 1.54) is 30.7 Å². The summed E-state index contributed by atoms with van der Waals surface area (Å²) in [5.74, 6) is -4.72. The van der Waals surface area contributed by atoms with Gasteiger partial charge in [-0.25, -0.2) is 32.8 Å². The zero-order chi connectivity index (χ0) is 26.2. The average Bonchev–Trinajstić information content (AvgIpc) is 3.26. The first kappa shape index (κ1) is 23.7. The minimum absolute atomic E-state index is 0.00849. The molecule has 0 aliphatic carbocycles. The van der Waals surface area contributed by atoms with Crippen LogP contribution in [0.4, 0.5) is 32.2 Å². The first-order valence-electron chi connectivity index (χ1n) is 10.6. The molecular weight excluding hydrogens is 490 g/mol. The number of pyridine rings is 1. The van der Waals surface area contributed by atoms with Crippen LogP contribution in [0.2, 0.25) is 0 Å². The smallest absolute Gasteiger partial charge is 0.309 e. The number of anilines is 1. The summed E-state index contributed by atoms with van der Waals surface area (Å²) < 4.78 is 85.1. The van der Waals surface area contributed by atoms with Crippen LogP contribution >= 0.6 is 0 Å². The summed E-state index contributed by atoms with van der Waals surface area (Å²) in [5, 5.41) is 6.56. The Morgan fingerprint density at radius 1 is 1.03 bits per heavy atom. The maximum Gasteiger partial charge on any atom is 0.407 e. The number of alkyl halides is 3. The lowest BCUT2D eigenvalue weighted by Crippen LogP contribution is -2.45. The maximum absolute atomic E-state index is 14.4. The van der Waals surface area contributed by atoms with Crippen LogP contribution in [-0.2, 0) is 16.8 Å². The Morgan fingerprint density at radius 3 is 2.44 bits per heavy atom. The van der Waals surface area contributed by atoms with Crippen molar-refractivity contribution in [2.45, 2.75) is 38.9 Å². The number of nitrogens with one attached hydrogen (secondary N) is 1.